The Kier molecular flexibility index (Phi) is 6.89. The molecule has 0 radical (unpaired) electrons. The summed E-state index contributed by atoms with van der Waals surface area (Å²) < 4.78 is 20.0. The lowest BCUT2D eigenvalue weighted by molar-refractivity contribution is 0.311. The van der Waals surface area contributed by atoms with Gasteiger partial charge in [0, 0.05) is 45.5 Å². The molecule has 3 aromatic heterocycles. The fraction of sp³-hybridized carbons (Fsp3) is 0.0571. The Morgan fingerprint density at radius 1 is 0.524 bits per heavy atom. The van der Waals surface area contributed by atoms with E-state index in [1.807, 2.05) is 105 Å². The van der Waals surface area contributed by atoms with Crippen molar-refractivity contribution in [3.05, 3.63) is 133 Å². The van der Waals surface area contributed by atoms with Crippen LogP contribution in [0.1, 0.15) is 11.4 Å². The molecular formula is C35H26AlN3O3. The van der Waals surface area contributed by atoms with Gasteiger partial charge in [-0.2, -0.15) is 0 Å². The summed E-state index contributed by atoms with van der Waals surface area (Å²) in [6.45, 7) is 3.94. The fourth-order valence-electron chi connectivity index (χ4n) is 5.16. The average Bonchev–Trinajstić information content (AvgIpc) is 3.02. The Balaban J connectivity index is 1.33. The maximum absolute atomic E-state index is 6.71. The van der Waals surface area contributed by atoms with Crippen LogP contribution in [0.25, 0.3) is 43.7 Å². The summed E-state index contributed by atoms with van der Waals surface area (Å²) in [6.07, 6.45) is 3.65. The van der Waals surface area contributed by atoms with Crippen LogP contribution in [0, 0.1) is 13.8 Å². The predicted molar refractivity (Wildman–Crippen MR) is 168 cm³/mol. The highest BCUT2D eigenvalue weighted by molar-refractivity contribution is 6.40. The molecule has 7 rings (SSSR count). The number of para-hydroxylation sites is 2. The maximum Gasteiger partial charge on any atom is 1.20 e. The Bertz CT molecular complexity index is 1980. The van der Waals surface area contributed by atoms with Gasteiger partial charge in [0.05, 0.1) is 5.75 Å². The number of fused-ring (bicyclic) bond motifs is 3. The van der Waals surface area contributed by atoms with E-state index in [2.05, 4.69) is 29.2 Å². The molecule has 42 heavy (non-hydrogen) atoms. The van der Waals surface area contributed by atoms with Crippen molar-refractivity contribution in [1.82, 2.24) is 15.0 Å². The van der Waals surface area contributed by atoms with Crippen LogP contribution in [0.2, 0.25) is 0 Å². The Morgan fingerprint density at radius 2 is 1.14 bits per heavy atom. The molecule has 0 spiro atoms. The molecule has 0 fully saturated rings. The average molecular weight is 564 g/mol. The molecule has 202 valence electrons. The van der Waals surface area contributed by atoms with Crippen molar-refractivity contribution in [3.8, 4) is 28.4 Å². The van der Waals surface area contributed by atoms with E-state index in [-0.39, 0.29) is 0 Å². The third-order valence-corrected chi connectivity index (χ3v) is 8.51. The van der Waals surface area contributed by atoms with Crippen molar-refractivity contribution >= 4 is 47.7 Å². The van der Waals surface area contributed by atoms with Gasteiger partial charge >= 0.3 is 15.1 Å². The first-order valence-electron chi connectivity index (χ1n) is 13.8. The quantitative estimate of drug-likeness (QED) is 0.182. The van der Waals surface area contributed by atoms with Gasteiger partial charge in [-0.3, -0.25) is 4.98 Å². The molecule has 0 aliphatic carbocycles. The van der Waals surface area contributed by atoms with Crippen LogP contribution in [0.4, 0.5) is 0 Å². The van der Waals surface area contributed by atoms with Gasteiger partial charge < -0.3 is 11.4 Å². The third kappa shape index (κ3) is 5.12. The van der Waals surface area contributed by atoms with Gasteiger partial charge in [0.2, 0.25) is 0 Å². The van der Waals surface area contributed by atoms with Crippen molar-refractivity contribution in [2.24, 2.45) is 0 Å². The first-order valence-corrected chi connectivity index (χ1v) is 15.2. The summed E-state index contributed by atoms with van der Waals surface area (Å²) in [5.41, 5.74) is 5.47. The van der Waals surface area contributed by atoms with E-state index in [4.69, 9.17) is 21.3 Å². The maximum atomic E-state index is 6.71. The van der Waals surface area contributed by atoms with Gasteiger partial charge in [-0.25, -0.2) is 9.97 Å². The van der Waals surface area contributed by atoms with Gasteiger partial charge in [-0.15, -0.1) is 0 Å². The third-order valence-electron chi connectivity index (χ3n) is 7.17. The lowest BCUT2D eigenvalue weighted by Gasteiger charge is -2.20. The zero-order valence-corrected chi connectivity index (χ0v) is 24.3. The van der Waals surface area contributed by atoms with E-state index < -0.39 is 15.1 Å². The molecule has 0 atom stereocenters. The number of benzene rings is 4. The zero-order valence-electron chi connectivity index (χ0n) is 23.2. The highest BCUT2D eigenvalue weighted by Gasteiger charge is 2.45. The summed E-state index contributed by atoms with van der Waals surface area (Å²) in [5, 5.41) is 3.99. The van der Waals surface area contributed by atoms with Crippen LogP contribution in [0.5, 0.6) is 17.2 Å². The molecular weight excluding hydrogens is 537 g/mol. The first-order chi connectivity index (χ1) is 20.6. The number of rotatable bonds is 7. The molecule has 6 nitrogen and oxygen atoms in total. The Labute approximate surface area is 248 Å². The molecule has 0 saturated heterocycles. The molecule has 0 aliphatic heterocycles. The lowest BCUT2D eigenvalue weighted by atomic mass is 9.99. The summed E-state index contributed by atoms with van der Waals surface area (Å²) in [5.74, 6) is 1.92. The van der Waals surface area contributed by atoms with E-state index in [9.17, 15) is 0 Å². The van der Waals surface area contributed by atoms with Crippen molar-refractivity contribution < 1.29 is 11.4 Å². The van der Waals surface area contributed by atoms with Crippen molar-refractivity contribution in [1.29, 1.82) is 0 Å². The Hall–Kier alpha value is -4.96. The van der Waals surface area contributed by atoms with Gasteiger partial charge in [0.25, 0.3) is 0 Å². The van der Waals surface area contributed by atoms with Crippen LogP contribution in [0.15, 0.2) is 122 Å². The van der Waals surface area contributed by atoms with Crippen molar-refractivity contribution in [3.63, 3.8) is 0 Å². The minimum atomic E-state index is -2.95. The minimum absolute atomic E-state index is 0.619. The molecule has 7 heteroatoms. The standard InChI is InChI=1S/C15H11NO.2C10H9NO.Al/c17-15-8-7-12(11-4-3-9-16-10-11)13-5-1-2-6-14(13)15;2*1-7-5-6-8-3-2-4-9(12)10(8)11-7;/h1-10,17H;2*2-6,12H,1H3;/q;;;+3/p-3. The number of hydrogen-bond donors (Lipinski definition) is 0. The monoisotopic (exact) mass is 563 g/mol. The number of pyridine rings is 3. The SMILES string of the molecule is Cc1ccc2cccc([O][Al]([O]c3ccc(-c4cccnc4)c4ccccc34)[O]c3cccc4ccc(C)nc34)c2n1. The zero-order chi connectivity index (χ0) is 28.5. The Morgan fingerprint density at radius 3 is 1.76 bits per heavy atom. The van der Waals surface area contributed by atoms with Gasteiger partial charge in [0.1, 0.15) is 22.5 Å². The number of hydrogen-bond acceptors (Lipinski definition) is 6. The van der Waals surface area contributed by atoms with Crippen LogP contribution in [-0.4, -0.2) is 30.1 Å². The molecule has 0 aliphatic rings. The second-order valence-corrected chi connectivity index (χ2v) is 11.4. The van der Waals surface area contributed by atoms with Gasteiger partial charge in [0.15, 0.2) is 0 Å². The molecule has 0 amide bonds. The summed E-state index contributed by atoms with van der Waals surface area (Å²) >= 11 is -2.95. The van der Waals surface area contributed by atoms with Crippen molar-refractivity contribution in [2.75, 3.05) is 0 Å². The second kappa shape index (κ2) is 11.1. The fourth-order valence-corrected chi connectivity index (χ4v) is 6.51. The smallest absolute Gasteiger partial charge is 0.577 e. The summed E-state index contributed by atoms with van der Waals surface area (Å²) in [7, 11) is 0. The molecule has 0 unspecified atom stereocenters. The molecule has 0 bridgehead atoms. The molecule has 0 N–H and O–H groups in total. The van der Waals surface area contributed by atoms with Crippen LogP contribution in [-0.2, 0) is 0 Å². The van der Waals surface area contributed by atoms with E-state index in [1.165, 1.54) is 0 Å². The summed E-state index contributed by atoms with van der Waals surface area (Å²) in [6, 6.07) is 36.1. The minimum Gasteiger partial charge on any atom is -0.577 e. The van der Waals surface area contributed by atoms with Gasteiger partial charge in [-0.05, 0) is 61.2 Å². The molecule has 4 aromatic carbocycles. The largest absolute Gasteiger partial charge is 1.20 e. The highest BCUT2D eigenvalue weighted by Crippen LogP contribution is 2.35. The number of aryl methyl sites for hydroxylation is 2. The van der Waals surface area contributed by atoms with E-state index >= 15 is 0 Å². The molecule has 7 aromatic rings. The lowest BCUT2D eigenvalue weighted by Crippen LogP contribution is -2.37. The molecule has 0 saturated carbocycles. The first kappa shape index (κ1) is 26.0. The normalized spacial score (nSPS) is 11.1. The molecule has 3 heterocycles. The summed E-state index contributed by atoms with van der Waals surface area (Å²) in [4.78, 5) is 13.9. The van der Waals surface area contributed by atoms with Gasteiger partial charge in [-0.1, -0.05) is 72.8 Å². The number of aromatic nitrogens is 3. The van der Waals surface area contributed by atoms with E-state index in [0.717, 1.165) is 55.1 Å². The highest BCUT2D eigenvalue weighted by atomic mass is 27.3. The van der Waals surface area contributed by atoms with Crippen LogP contribution >= 0.6 is 0 Å². The van der Waals surface area contributed by atoms with Crippen molar-refractivity contribution in [2.45, 2.75) is 13.8 Å². The number of nitrogens with zero attached hydrogens (tertiary/aromatic N) is 3. The van der Waals surface area contributed by atoms with E-state index in [1.54, 1.807) is 6.20 Å². The second-order valence-electron chi connectivity index (χ2n) is 10.1. The topological polar surface area (TPSA) is 66.4 Å². The van der Waals surface area contributed by atoms with Crippen LogP contribution in [0.3, 0.4) is 0 Å². The van der Waals surface area contributed by atoms with E-state index in [0.29, 0.717) is 17.2 Å². The van der Waals surface area contributed by atoms with Crippen LogP contribution < -0.4 is 11.4 Å². The predicted octanol–water partition coefficient (Wildman–Crippen LogP) is 8.14.